The maximum absolute atomic E-state index is 14.5. The van der Waals surface area contributed by atoms with Crippen LogP contribution in [0.2, 0.25) is 0 Å². The summed E-state index contributed by atoms with van der Waals surface area (Å²) in [6.07, 6.45) is -8.23. The van der Waals surface area contributed by atoms with Crippen molar-refractivity contribution in [2.24, 2.45) is 0 Å². The zero-order valence-corrected chi connectivity index (χ0v) is 21.3. The number of aliphatic hydroxyl groups excluding tert-OH is 3. The fourth-order valence-corrected chi connectivity index (χ4v) is 3.99. The standard InChI is InChI=1S/C24H33FN2O10/c1-6-34-17-8-7-14(10-16(17)25)9-15-13(4)27(12(2)3)26-22(15)37-24(32)21(30)20(29)19(28)18(36-24)11-35-23(31)33-5/h7-8,10,12,18-21,28-30,32H,6,9,11H2,1-5H3/t18-,19-,20+,21-,24-/m1/s1. The van der Waals surface area contributed by atoms with E-state index in [1.165, 1.54) is 12.1 Å². The predicted molar refractivity (Wildman–Crippen MR) is 125 cm³/mol. The smallest absolute Gasteiger partial charge is 0.491 e. The van der Waals surface area contributed by atoms with Gasteiger partial charge in [0.1, 0.15) is 24.9 Å². The average Bonchev–Trinajstić information content (AvgIpc) is 3.15. The fourth-order valence-electron chi connectivity index (χ4n) is 3.99. The van der Waals surface area contributed by atoms with E-state index in [-0.39, 0.29) is 24.1 Å². The van der Waals surface area contributed by atoms with Gasteiger partial charge in [-0.25, -0.2) is 9.18 Å². The zero-order chi connectivity index (χ0) is 27.5. The van der Waals surface area contributed by atoms with Gasteiger partial charge in [0.25, 0.3) is 0 Å². The lowest BCUT2D eigenvalue weighted by Gasteiger charge is -2.44. The molecule has 2 aromatic rings. The van der Waals surface area contributed by atoms with Crippen LogP contribution in [0.1, 0.15) is 43.6 Å². The van der Waals surface area contributed by atoms with Gasteiger partial charge in [-0.15, -0.1) is 5.10 Å². The van der Waals surface area contributed by atoms with Gasteiger partial charge in [0.05, 0.1) is 13.7 Å². The Labute approximate surface area is 213 Å². The first kappa shape index (κ1) is 28.6. The average molecular weight is 529 g/mol. The summed E-state index contributed by atoms with van der Waals surface area (Å²) in [5.74, 6) is -3.48. The van der Waals surface area contributed by atoms with Crippen molar-refractivity contribution < 1.29 is 53.3 Å². The van der Waals surface area contributed by atoms with E-state index in [4.69, 9.17) is 18.9 Å². The molecule has 1 saturated heterocycles. The molecule has 0 saturated carbocycles. The van der Waals surface area contributed by atoms with Crippen LogP contribution in [0.5, 0.6) is 11.6 Å². The first-order chi connectivity index (χ1) is 17.4. The second kappa shape index (κ2) is 11.6. The number of ether oxygens (including phenoxy) is 5. The third-order valence-electron chi connectivity index (χ3n) is 5.93. The molecular weight excluding hydrogens is 495 g/mol. The fraction of sp³-hybridized carbons (Fsp3) is 0.583. The van der Waals surface area contributed by atoms with E-state index in [0.717, 1.165) is 7.11 Å². The Bertz CT molecular complexity index is 1090. The highest BCUT2D eigenvalue weighted by atomic mass is 19.1. The van der Waals surface area contributed by atoms with Crippen LogP contribution >= 0.6 is 0 Å². The Kier molecular flexibility index (Phi) is 8.97. The lowest BCUT2D eigenvalue weighted by Crippen LogP contribution is -2.67. The number of nitrogens with zero attached hydrogens (tertiary/aromatic N) is 2. The van der Waals surface area contributed by atoms with Crippen molar-refractivity contribution in [3.63, 3.8) is 0 Å². The normalized spacial score (nSPS) is 25.7. The number of rotatable bonds is 9. The predicted octanol–water partition coefficient (Wildman–Crippen LogP) is 1.19. The second-order valence-corrected chi connectivity index (χ2v) is 8.86. The van der Waals surface area contributed by atoms with E-state index >= 15 is 0 Å². The molecule has 13 heteroatoms. The van der Waals surface area contributed by atoms with Crippen LogP contribution in [0, 0.1) is 12.7 Å². The Balaban J connectivity index is 1.93. The lowest BCUT2D eigenvalue weighted by molar-refractivity contribution is -0.423. The van der Waals surface area contributed by atoms with Gasteiger partial charge in [-0.05, 0) is 45.4 Å². The Morgan fingerprint density at radius 2 is 1.97 bits per heavy atom. The molecule has 1 aromatic heterocycles. The van der Waals surface area contributed by atoms with Gasteiger partial charge in [0.2, 0.25) is 5.88 Å². The van der Waals surface area contributed by atoms with E-state index in [9.17, 15) is 29.6 Å². The maximum atomic E-state index is 14.5. The highest BCUT2D eigenvalue weighted by molar-refractivity contribution is 5.59. The summed E-state index contributed by atoms with van der Waals surface area (Å²) in [5, 5.41) is 46.6. The van der Waals surface area contributed by atoms with Crippen molar-refractivity contribution in [3.8, 4) is 11.6 Å². The van der Waals surface area contributed by atoms with E-state index < -0.39 is 49.0 Å². The van der Waals surface area contributed by atoms with Crippen molar-refractivity contribution >= 4 is 6.16 Å². The van der Waals surface area contributed by atoms with Crippen LogP contribution in [0.4, 0.5) is 9.18 Å². The third kappa shape index (κ3) is 6.13. The lowest BCUT2D eigenvalue weighted by atomic mass is 9.97. The minimum Gasteiger partial charge on any atom is -0.491 e. The molecule has 1 aromatic carbocycles. The largest absolute Gasteiger partial charge is 0.508 e. The molecule has 1 aliphatic rings. The van der Waals surface area contributed by atoms with Crippen molar-refractivity contribution in [2.45, 2.75) is 70.5 Å². The summed E-state index contributed by atoms with van der Waals surface area (Å²) in [7, 11) is 1.07. The number of carbonyl (C=O) groups excluding carboxylic acids is 1. The van der Waals surface area contributed by atoms with Crippen LogP contribution in [-0.4, -0.2) is 87.1 Å². The van der Waals surface area contributed by atoms with Crippen LogP contribution in [-0.2, 0) is 20.6 Å². The summed E-state index contributed by atoms with van der Waals surface area (Å²) in [4.78, 5) is 11.3. The number of methoxy groups -OCH3 is 1. The van der Waals surface area contributed by atoms with Gasteiger partial charge in [0.15, 0.2) is 17.7 Å². The Morgan fingerprint density at radius 3 is 2.57 bits per heavy atom. The minimum absolute atomic E-state index is 0.109. The van der Waals surface area contributed by atoms with Gasteiger partial charge in [0, 0.05) is 23.7 Å². The summed E-state index contributed by atoms with van der Waals surface area (Å²) in [6.45, 7) is 6.92. The minimum atomic E-state index is -2.88. The van der Waals surface area contributed by atoms with E-state index in [1.807, 2.05) is 13.8 Å². The SMILES string of the molecule is CCOc1ccc(Cc2c(O[C@]3(O)O[C@H](COC(=O)OC)[C@@H](O)[C@H](O)[C@H]3O)nn(C(C)C)c2C)cc1F. The van der Waals surface area contributed by atoms with Gasteiger partial charge >= 0.3 is 12.1 Å². The van der Waals surface area contributed by atoms with Gasteiger partial charge in [-0.2, -0.15) is 0 Å². The molecule has 0 bridgehead atoms. The monoisotopic (exact) mass is 528 g/mol. The molecule has 12 nitrogen and oxygen atoms in total. The topological polar surface area (TPSA) is 162 Å². The molecule has 5 atom stereocenters. The molecule has 0 radical (unpaired) electrons. The quantitative estimate of drug-likeness (QED) is 0.273. The number of hydrogen-bond acceptors (Lipinski definition) is 11. The molecule has 0 unspecified atom stereocenters. The molecule has 37 heavy (non-hydrogen) atoms. The maximum Gasteiger partial charge on any atom is 0.508 e. The Hall–Kier alpha value is -2.97. The summed E-state index contributed by atoms with van der Waals surface area (Å²) in [5.41, 5.74) is 1.64. The first-order valence-corrected chi connectivity index (χ1v) is 11.7. The van der Waals surface area contributed by atoms with E-state index in [0.29, 0.717) is 23.4 Å². The highest BCUT2D eigenvalue weighted by Gasteiger charge is 2.56. The van der Waals surface area contributed by atoms with Crippen molar-refractivity contribution in [3.05, 3.63) is 40.8 Å². The van der Waals surface area contributed by atoms with Crippen molar-refractivity contribution in [1.82, 2.24) is 9.78 Å². The molecular formula is C24H33FN2O10. The number of aromatic nitrogens is 2. The molecule has 0 spiro atoms. The molecule has 1 fully saturated rings. The van der Waals surface area contributed by atoms with Gasteiger partial charge in [-0.3, -0.25) is 4.68 Å². The van der Waals surface area contributed by atoms with Crippen molar-refractivity contribution in [1.29, 1.82) is 0 Å². The zero-order valence-electron chi connectivity index (χ0n) is 21.3. The molecule has 3 rings (SSSR count). The number of hydrogen-bond donors (Lipinski definition) is 4. The molecule has 2 heterocycles. The van der Waals surface area contributed by atoms with E-state index in [2.05, 4.69) is 9.84 Å². The molecule has 4 N–H and O–H groups in total. The molecule has 0 aliphatic carbocycles. The number of benzene rings is 1. The molecule has 206 valence electrons. The van der Waals surface area contributed by atoms with E-state index in [1.54, 1.807) is 24.6 Å². The number of carbonyl (C=O) groups is 1. The van der Waals surface area contributed by atoms with Crippen LogP contribution in [0.3, 0.4) is 0 Å². The molecule has 1 aliphatic heterocycles. The van der Waals surface area contributed by atoms with Gasteiger partial charge in [-0.1, -0.05) is 6.07 Å². The van der Waals surface area contributed by atoms with Crippen molar-refractivity contribution in [2.75, 3.05) is 20.3 Å². The van der Waals surface area contributed by atoms with Crippen LogP contribution < -0.4 is 9.47 Å². The summed E-state index contributed by atoms with van der Waals surface area (Å²) < 4.78 is 41.4. The van der Waals surface area contributed by atoms with Gasteiger partial charge < -0.3 is 44.1 Å². The second-order valence-electron chi connectivity index (χ2n) is 8.86. The number of aliphatic hydroxyl groups is 4. The van der Waals surface area contributed by atoms with Crippen LogP contribution in [0.15, 0.2) is 18.2 Å². The highest BCUT2D eigenvalue weighted by Crippen LogP contribution is 2.35. The third-order valence-corrected chi connectivity index (χ3v) is 5.93. The summed E-state index contributed by atoms with van der Waals surface area (Å²) in [6, 6.07) is 4.35. The summed E-state index contributed by atoms with van der Waals surface area (Å²) >= 11 is 0. The number of halogens is 1. The first-order valence-electron chi connectivity index (χ1n) is 11.7. The van der Waals surface area contributed by atoms with Crippen LogP contribution in [0.25, 0.3) is 0 Å². The Morgan fingerprint density at radius 1 is 1.27 bits per heavy atom. The molecule has 0 amide bonds.